The van der Waals surface area contributed by atoms with Crippen LogP contribution in [0.3, 0.4) is 0 Å². The highest BCUT2D eigenvalue weighted by Gasteiger charge is 2.32. The van der Waals surface area contributed by atoms with E-state index in [9.17, 15) is 13.2 Å². The van der Waals surface area contributed by atoms with Gasteiger partial charge < -0.3 is 15.0 Å². The van der Waals surface area contributed by atoms with Crippen molar-refractivity contribution in [3.63, 3.8) is 0 Å². The molecule has 0 unspecified atom stereocenters. The van der Waals surface area contributed by atoms with Gasteiger partial charge in [-0.05, 0) is 18.2 Å². The number of piperazine rings is 1. The van der Waals surface area contributed by atoms with Gasteiger partial charge in [0.05, 0.1) is 12.6 Å². The summed E-state index contributed by atoms with van der Waals surface area (Å²) in [6, 6.07) is 5.59. The van der Waals surface area contributed by atoms with Crippen LogP contribution in [0.25, 0.3) is 10.9 Å². The van der Waals surface area contributed by atoms with Crippen LogP contribution >= 0.6 is 12.4 Å². The number of hydrogen-bond donors (Lipinski definition) is 1. The number of fused-ring (bicyclic) bond motifs is 1. The molecule has 1 N–H and O–H groups in total. The Morgan fingerprint density at radius 3 is 2.47 bits per heavy atom. The number of rotatable bonds is 6. The number of pyridine rings is 2. The summed E-state index contributed by atoms with van der Waals surface area (Å²) in [4.78, 5) is 21.1. The zero-order valence-corrected chi connectivity index (χ0v) is 18.2. The van der Waals surface area contributed by atoms with Crippen LogP contribution in [0.5, 0.6) is 5.88 Å². The van der Waals surface area contributed by atoms with E-state index in [4.69, 9.17) is 4.74 Å². The van der Waals surface area contributed by atoms with Crippen LogP contribution in [-0.2, 0) is 6.18 Å². The monoisotopic (exact) mass is 469 g/mol. The molecule has 0 aromatic carbocycles. The van der Waals surface area contributed by atoms with Gasteiger partial charge in [0.2, 0.25) is 11.8 Å². The Kier molecular flexibility index (Phi) is 7.52. The summed E-state index contributed by atoms with van der Waals surface area (Å²) in [5.74, 6) is 1.72. The van der Waals surface area contributed by atoms with Crippen LogP contribution in [0.4, 0.5) is 24.9 Å². The molecule has 172 valence electrons. The van der Waals surface area contributed by atoms with Crippen LogP contribution < -0.4 is 15.0 Å². The molecule has 4 rings (SSSR count). The lowest BCUT2D eigenvalue weighted by Crippen LogP contribution is -2.48. The molecule has 8 nitrogen and oxygen atoms in total. The number of alkyl halides is 3. The van der Waals surface area contributed by atoms with E-state index in [-0.39, 0.29) is 17.9 Å². The van der Waals surface area contributed by atoms with Crippen LogP contribution in [-0.4, -0.2) is 71.2 Å². The Bertz CT molecular complexity index is 1050. The first kappa shape index (κ1) is 23.7. The topological polar surface area (TPSA) is 79.3 Å². The molecule has 0 radical (unpaired) electrons. The lowest BCUT2D eigenvalue weighted by Gasteiger charge is -2.34. The van der Waals surface area contributed by atoms with Crippen molar-refractivity contribution >= 4 is 35.1 Å². The van der Waals surface area contributed by atoms with Crippen molar-refractivity contribution < 1.29 is 17.9 Å². The maximum absolute atomic E-state index is 12.9. The summed E-state index contributed by atoms with van der Waals surface area (Å²) in [6.07, 6.45) is -1.32. The highest BCUT2D eigenvalue weighted by molar-refractivity contribution is 5.89. The van der Waals surface area contributed by atoms with Gasteiger partial charge in [0.1, 0.15) is 11.5 Å². The normalized spacial score (nSPS) is 14.8. The summed E-state index contributed by atoms with van der Waals surface area (Å²) in [6.45, 7) is 4.68. The van der Waals surface area contributed by atoms with Crippen molar-refractivity contribution in [3.05, 3.63) is 42.4 Å². The van der Waals surface area contributed by atoms with Gasteiger partial charge in [0.25, 0.3) is 0 Å². The minimum absolute atomic E-state index is 0. The van der Waals surface area contributed by atoms with Gasteiger partial charge in [-0.3, -0.25) is 4.90 Å². The summed E-state index contributed by atoms with van der Waals surface area (Å²) in [5, 5.41) is 3.79. The van der Waals surface area contributed by atoms with Gasteiger partial charge in [-0.25, -0.2) is 15.0 Å². The van der Waals surface area contributed by atoms with E-state index in [1.807, 2.05) is 0 Å². The third-order valence-electron chi connectivity index (χ3n) is 5.11. The SMILES string of the molecule is COc1ccnc(N2CCN(CCNc3nccc4nc(C(F)(F)F)ccc34)CC2)n1.Cl. The molecule has 0 amide bonds. The molecule has 1 fully saturated rings. The van der Waals surface area contributed by atoms with E-state index in [0.717, 1.165) is 38.8 Å². The Morgan fingerprint density at radius 1 is 1.00 bits per heavy atom. The lowest BCUT2D eigenvalue weighted by molar-refractivity contribution is -0.140. The van der Waals surface area contributed by atoms with E-state index >= 15 is 0 Å². The third-order valence-corrected chi connectivity index (χ3v) is 5.11. The Labute approximate surface area is 189 Å². The van der Waals surface area contributed by atoms with Gasteiger partial charge in [-0.1, -0.05) is 0 Å². The van der Waals surface area contributed by atoms with Crippen molar-refractivity contribution in [1.29, 1.82) is 0 Å². The molecule has 0 atom stereocenters. The summed E-state index contributed by atoms with van der Waals surface area (Å²) >= 11 is 0. The third kappa shape index (κ3) is 5.46. The van der Waals surface area contributed by atoms with E-state index in [1.54, 1.807) is 19.4 Å². The fourth-order valence-electron chi connectivity index (χ4n) is 3.46. The maximum Gasteiger partial charge on any atom is 0.433 e. The average Bonchev–Trinajstić information content (AvgIpc) is 2.79. The molecule has 1 aliphatic rings. The molecular formula is C20H23ClF3N7O. The van der Waals surface area contributed by atoms with E-state index in [2.05, 4.69) is 35.1 Å². The van der Waals surface area contributed by atoms with Crippen molar-refractivity contribution in [1.82, 2.24) is 24.8 Å². The number of nitrogens with zero attached hydrogens (tertiary/aromatic N) is 6. The highest BCUT2D eigenvalue weighted by Crippen LogP contribution is 2.30. The number of anilines is 2. The van der Waals surface area contributed by atoms with Crippen molar-refractivity contribution in [2.75, 3.05) is 56.6 Å². The predicted octanol–water partition coefficient (Wildman–Crippen LogP) is 3.10. The van der Waals surface area contributed by atoms with Crippen molar-refractivity contribution in [2.45, 2.75) is 6.18 Å². The zero-order valence-electron chi connectivity index (χ0n) is 17.3. The smallest absolute Gasteiger partial charge is 0.433 e. The molecule has 3 aromatic rings. The van der Waals surface area contributed by atoms with E-state index in [1.165, 1.54) is 18.3 Å². The summed E-state index contributed by atoms with van der Waals surface area (Å²) in [5.41, 5.74) is -0.644. The molecule has 1 saturated heterocycles. The van der Waals surface area contributed by atoms with Crippen molar-refractivity contribution in [3.8, 4) is 5.88 Å². The Balaban J connectivity index is 0.00000289. The number of hydrogen-bond acceptors (Lipinski definition) is 8. The first-order valence-electron chi connectivity index (χ1n) is 9.85. The minimum atomic E-state index is -4.47. The first-order valence-corrected chi connectivity index (χ1v) is 9.85. The number of halogens is 4. The summed E-state index contributed by atoms with van der Waals surface area (Å²) in [7, 11) is 1.58. The number of aromatic nitrogens is 4. The van der Waals surface area contributed by atoms with Crippen LogP contribution in [0.1, 0.15) is 5.69 Å². The van der Waals surface area contributed by atoms with Gasteiger partial charge in [0.15, 0.2) is 0 Å². The zero-order chi connectivity index (χ0) is 21.8. The molecule has 0 bridgehead atoms. The second-order valence-corrected chi connectivity index (χ2v) is 7.07. The van der Waals surface area contributed by atoms with Crippen LogP contribution in [0.15, 0.2) is 36.7 Å². The molecule has 0 saturated carbocycles. The molecule has 32 heavy (non-hydrogen) atoms. The molecule has 12 heteroatoms. The van der Waals surface area contributed by atoms with Crippen molar-refractivity contribution in [2.24, 2.45) is 0 Å². The lowest BCUT2D eigenvalue weighted by atomic mass is 10.2. The summed E-state index contributed by atoms with van der Waals surface area (Å²) < 4.78 is 43.8. The van der Waals surface area contributed by atoms with Gasteiger partial charge in [-0.15, -0.1) is 12.4 Å². The second kappa shape index (κ2) is 10.1. The molecule has 4 heterocycles. The maximum atomic E-state index is 12.9. The number of ether oxygens (including phenoxy) is 1. The molecule has 0 aliphatic carbocycles. The van der Waals surface area contributed by atoms with Gasteiger partial charge in [0, 0.05) is 63.1 Å². The van der Waals surface area contributed by atoms with Crippen LogP contribution in [0, 0.1) is 0 Å². The Morgan fingerprint density at radius 2 is 1.75 bits per heavy atom. The quantitative estimate of drug-likeness (QED) is 0.590. The van der Waals surface area contributed by atoms with E-state index < -0.39 is 11.9 Å². The predicted molar refractivity (Wildman–Crippen MR) is 118 cm³/mol. The molecule has 0 spiro atoms. The Hall–Kier alpha value is -2.92. The molecule has 3 aromatic heterocycles. The van der Waals surface area contributed by atoms with Crippen LogP contribution in [0.2, 0.25) is 0 Å². The fraction of sp³-hybridized carbons (Fsp3) is 0.400. The highest BCUT2D eigenvalue weighted by atomic mass is 35.5. The standard InChI is InChI=1S/C20H22F3N7O.ClH/c1-31-17-5-7-26-19(28-17)30-12-10-29(11-13-30)9-8-25-18-14-2-3-16(20(21,22)23)27-15(14)4-6-24-18;/h2-7H,8-13H2,1H3,(H,24,25);1H. The second-order valence-electron chi connectivity index (χ2n) is 7.07. The average molecular weight is 470 g/mol. The molecule has 1 aliphatic heterocycles. The first-order chi connectivity index (χ1) is 14.9. The minimum Gasteiger partial charge on any atom is -0.481 e. The van der Waals surface area contributed by atoms with Gasteiger partial charge in [-0.2, -0.15) is 18.2 Å². The largest absolute Gasteiger partial charge is 0.481 e. The number of methoxy groups -OCH3 is 1. The van der Waals surface area contributed by atoms with E-state index in [0.29, 0.717) is 29.6 Å². The number of nitrogens with one attached hydrogen (secondary N) is 1. The van der Waals surface area contributed by atoms with Gasteiger partial charge >= 0.3 is 6.18 Å². The fourth-order valence-corrected chi connectivity index (χ4v) is 3.46. The molecular weight excluding hydrogens is 447 g/mol.